The Kier molecular flexibility index (Phi) is 7.61. The lowest BCUT2D eigenvalue weighted by atomic mass is 9.58. The van der Waals surface area contributed by atoms with Gasteiger partial charge in [-0.3, -0.25) is 4.79 Å². The molecule has 0 bridgehead atoms. The second-order valence-corrected chi connectivity index (χ2v) is 13.3. The number of hydrogen-bond acceptors (Lipinski definition) is 4. The van der Waals surface area contributed by atoms with E-state index in [-0.39, 0.29) is 29.7 Å². The zero-order chi connectivity index (χ0) is 31.4. The van der Waals surface area contributed by atoms with Gasteiger partial charge in [-0.2, -0.15) is 13.2 Å². The summed E-state index contributed by atoms with van der Waals surface area (Å²) in [5, 5.41) is 19.1. The zero-order valence-electron chi connectivity index (χ0n) is 25.4. The summed E-state index contributed by atoms with van der Waals surface area (Å²) in [7, 11) is 1.90. The van der Waals surface area contributed by atoms with E-state index in [4.69, 9.17) is 6.42 Å². The van der Waals surface area contributed by atoms with Gasteiger partial charge in [0, 0.05) is 29.8 Å². The molecule has 3 aromatic rings. The lowest BCUT2D eigenvalue weighted by Gasteiger charge is -2.47. The normalized spacial score (nSPS) is 27.5. The predicted molar refractivity (Wildman–Crippen MR) is 160 cm³/mol. The molecule has 2 fully saturated rings. The van der Waals surface area contributed by atoms with Crippen molar-refractivity contribution < 1.29 is 27.6 Å². The van der Waals surface area contributed by atoms with Crippen LogP contribution in [0.2, 0.25) is 0 Å². The number of likely N-dealkylation sites (tertiary alicyclic amines) is 1. The Labute approximate surface area is 256 Å². The van der Waals surface area contributed by atoms with E-state index < -0.39 is 23.7 Å². The Bertz CT molecular complexity index is 1620. The number of fused-ring (bicyclic) bond motifs is 1. The number of benzene rings is 2. The minimum atomic E-state index is -4.68. The average Bonchev–Trinajstić information content (AvgIpc) is 3.54. The number of aromatic nitrogens is 3. The molecule has 7 nitrogen and oxygen atoms in total. The van der Waals surface area contributed by atoms with Crippen molar-refractivity contribution in [1.82, 2.24) is 14.8 Å². The first kappa shape index (κ1) is 30.4. The Balaban J connectivity index is 1.41. The van der Waals surface area contributed by atoms with E-state index in [1.54, 1.807) is 18.5 Å². The molecule has 1 aromatic heterocycles. The number of alkyl halides is 3. The van der Waals surface area contributed by atoms with Gasteiger partial charge in [0.05, 0.1) is 37.2 Å². The third-order valence-corrected chi connectivity index (χ3v) is 10.2. The van der Waals surface area contributed by atoms with Crippen LogP contribution in [-0.2, 0) is 25.2 Å². The number of rotatable bonds is 7. The summed E-state index contributed by atoms with van der Waals surface area (Å²) in [5.41, 5.74) is 0.588. The number of aliphatic hydroxyl groups is 1. The maximum Gasteiger partial charge on any atom is 0.416 e. The van der Waals surface area contributed by atoms with Gasteiger partial charge >= 0.3 is 6.18 Å². The number of nitrogens with zero attached hydrogens (tertiary/aromatic N) is 5. The maximum absolute atomic E-state index is 14.7. The van der Waals surface area contributed by atoms with Crippen molar-refractivity contribution >= 4 is 11.6 Å². The molecule has 3 atom stereocenters. The number of piperidine rings is 1. The van der Waals surface area contributed by atoms with Gasteiger partial charge in [0.2, 0.25) is 0 Å². The Morgan fingerprint density at radius 2 is 1.98 bits per heavy atom. The molecule has 1 saturated heterocycles. The summed E-state index contributed by atoms with van der Waals surface area (Å²) in [6, 6.07) is 9.58. The second kappa shape index (κ2) is 11.0. The summed E-state index contributed by atoms with van der Waals surface area (Å²) in [4.78, 5) is 15.4. The van der Waals surface area contributed by atoms with Gasteiger partial charge in [-0.25, -0.2) is 0 Å². The van der Waals surface area contributed by atoms with Crippen LogP contribution in [0.3, 0.4) is 0 Å². The molecule has 3 aliphatic rings. The van der Waals surface area contributed by atoms with E-state index in [9.17, 15) is 23.1 Å². The molecule has 1 aliphatic carbocycles. The molecule has 2 aromatic carbocycles. The highest BCUT2D eigenvalue weighted by molar-refractivity contribution is 6.10. The molecule has 0 spiro atoms. The van der Waals surface area contributed by atoms with E-state index in [0.717, 1.165) is 43.1 Å². The first-order chi connectivity index (χ1) is 20.9. The third-order valence-electron chi connectivity index (χ3n) is 10.2. The number of amides is 1. The molecule has 44 heavy (non-hydrogen) atoms. The van der Waals surface area contributed by atoms with Crippen LogP contribution < -0.4 is 4.90 Å². The first-order valence-electron chi connectivity index (χ1n) is 15.3. The van der Waals surface area contributed by atoms with Gasteiger partial charge in [-0.05, 0) is 72.9 Å². The molecule has 1 amide bonds. The smallest absolute Gasteiger partial charge is 0.390 e. The van der Waals surface area contributed by atoms with Crippen LogP contribution in [0.15, 0.2) is 42.7 Å². The van der Waals surface area contributed by atoms with Crippen LogP contribution >= 0.6 is 0 Å². The van der Waals surface area contributed by atoms with Crippen LogP contribution in [0.25, 0.3) is 0 Å². The standard InChI is InChI=1S/C34H39F3N5O2/c1-5-11-42(12-7-8-22(2)19-42)30(20-43)24-13-27-28(29(14-24)34(35,36)37)18-41(31(27)44)26-10-6-9-25(15-26)33(16-23(3)17-33)32-39-38-21-40(32)4/h1,6,9-10,13-15,21-23,30,43H,7-8,11-12,16-20H2,2-4H3/q+1/t22-,23?,30?,33?,42?/m0/s1. The highest BCUT2D eigenvalue weighted by Crippen LogP contribution is 2.52. The highest BCUT2D eigenvalue weighted by atomic mass is 19.4. The molecule has 2 aliphatic heterocycles. The fourth-order valence-corrected chi connectivity index (χ4v) is 8.32. The van der Waals surface area contributed by atoms with Gasteiger partial charge < -0.3 is 19.1 Å². The van der Waals surface area contributed by atoms with Crippen molar-refractivity contribution in [1.29, 1.82) is 0 Å². The number of quaternary nitrogens is 1. The highest BCUT2D eigenvalue weighted by Gasteiger charge is 2.49. The van der Waals surface area contributed by atoms with Crippen LogP contribution in [0.1, 0.15) is 84.0 Å². The SMILES string of the molecule is C#CC[N+]1(C(CO)c2cc3c(c(C(F)(F)F)c2)CN(c2cccc(C4(c5nncn5C)CC(C)C4)c2)C3=O)CCC[C@H](C)C1. The number of anilines is 1. The maximum atomic E-state index is 14.7. The Morgan fingerprint density at radius 1 is 1.20 bits per heavy atom. The van der Waals surface area contributed by atoms with Crippen LogP contribution in [0, 0.1) is 24.2 Å². The second-order valence-electron chi connectivity index (χ2n) is 13.3. The molecule has 0 radical (unpaired) electrons. The third kappa shape index (κ3) is 4.90. The van der Waals surface area contributed by atoms with Gasteiger partial charge in [-0.1, -0.05) is 26.0 Å². The van der Waals surface area contributed by atoms with Crippen LogP contribution in [0.5, 0.6) is 0 Å². The van der Waals surface area contributed by atoms with Crippen molar-refractivity contribution in [3.63, 3.8) is 0 Å². The van der Waals surface area contributed by atoms with E-state index in [1.807, 2.05) is 29.8 Å². The minimum Gasteiger partial charge on any atom is -0.390 e. The number of halogens is 3. The van der Waals surface area contributed by atoms with Gasteiger partial charge in [0.1, 0.15) is 24.7 Å². The zero-order valence-corrected chi connectivity index (χ0v) is 25.4. The molecule has 3 heterocycles. The summed E-state index contributed by atoms with van der Waals surface area (Å²) in [6.45, 7) is 5.35. The summed E-state index contributed by atoms with van der Waals surface area (Å²) >= 11 is 0. The lowest BCUT2D eigenvalue weighted by molar-refractivity contribution is -0.958. The van der Waals surface area contributed by atoms with Gasteiger partial charge in [0.15, 0.2) is 0 Å². The summed E-state index contributed by atoms with van der Waals surface area (Å²) < 4.78 is 46.2. The number of hydrogen-bond donors (Lipinski definition) is 1. The van der Waals surface area contributed by atoms with Crippen LogP contribution in [0.4, 0.5) is 18.9 Å². The molecule has 1 saturated carbocycles. The molecule has 232 valence electrons. The van der Waals surface area contributed by atoms with Crippen molar-refractivity contribution in [2.24, 2.45) is 18.9 Å². The number of terminal acetylenes is 1. The van der Waals surface area contributed by atoms with Crippen molar-refractivity contribution in [3.8, 4) is 12.3 Å². The molecular formula is C34H39F3N5O2+. The van der Waals surface area contributed by atoms with Crippen molar-refractivity contribution in [2.75, 3.05) is 31.1 Å². The monoisotopic (exact) mass is 606 g/mol. The fourth-order valence-electron chi connectivity index (χ4n) is 8.32. The van der Waals surface area contributed by atoms with Crippen LogP contribution in [-0.4, -0.2) is 56.5 Å². The number of carbonyl (C=O) groups excluding carboxylic acids is 1. The largest absolute Gasteiger partial charge is 0.416 e. The van der Waals surface area contributed by atoms with Gasteiger partial charge in [0.25, 0.3) is 5.91 Å². The van der Waals surface area contributed by atoms with E-state index >= 15 is 0 Å². The fraction of sp³-hybridized carbons (Fsp3) is 0.500. The summed E-state index contributed by atoms with van der Waals surface area (Å²) in [5.74, 6) is 3.86. The molecular weight excluding hydrogens is 567 g/mol. The molecule has 10 heteroatoms. The molecule has 1 N–H and O–H groups in total. The number of aliphatic hydroxyl groups excluding tert-OH is 1. The lowest BCUT2D eigenvalue weighted by Crippen LogP contribution is -2.57. The predicted octanol–water partition coefficient (Wildman–Crippen LogP) is 5.62. The van der Waals surface area contributed by atoms with E-state index in [2.05, 4.69) is 30.0 Å². The first-order valence-corrected chi connectivity index (χ1v) is 15.3. The quantitative estimate of drug-likeness (QED) is 0.280. The number of aryl methyl sites for hydroxylation is 1. The van der Waals surface area contributed by atoms with E-state index in [0.29, 0.717) is 47.2 Å². The molecule has 2 unspecified atom stereocenters. The van der Waals surface area contributed by atoms with Crippen molar-refractivity contribution in [3.05, 3.63) is 76.4 Å². The Hall–Kier alpha value is -3.68. The number of carbonyl (C=O) groups is 1. The minimum absolute atomic E-state index is 0.0304. The van der Waals surface area contributed by atoms with Crippen molar-refractivity contribution in [2.45, 2.75) is 63.7 Å². The molecule has 6 rings (SSSR count). The Morgan fingerprint density at radius 3 is 2.59 bits per heavy atom. The average molecular weight is 607 g/mol. The van der Waals surface area contributed by atoms with E-state index in [1.165, 1.54) is 4.90 Å². The summed E-state index contributed by atoms with van der Waals surface area (Å²) in [6.07, 6.45) is 6.34. The van der Waals surface area contributed by atoms with Gasteiger partial charge in [-0.15, -0.1) is 16.6 Å². The topological polar surface area (TPSA) is 71.2 Å².